The Morgan fingerprint density at radius 2 is 2.04 bits per heavy atom. The van der Waals surface area contributed by atoms with E-state index in [9.17, 15) is 9.59 Å². The van der Waals surface area contributed by atoms with Crippen molar-refractivity contribution in [1.82, 2.24) is 20.3 Å². The molecule has 0 aliphatic heterocycles. The molecule has 0 bridgehead atoms. The number of thioether (sulfide) groups is 1. The third-order valence-electron chi connectivity index (χ3n) is 3.05. The molecule has 3 rings (SSSR count). The Morgan fingerprint density at radius 3 is 2.76 bits per heavy atom. The summed E-state index contributed by atoms with van der Waals surface area (Å²) in [5.41, 5.74) is 1.59. The largest absolute Gasteiger partial charge is 0.497 e. The molecule has 10 nitrogen and oxygen atoms in total. The Hall–Kier alpha value is -3.08. The normalized spacial score (nSPS) is 10.6. The van der Waals surface area contributed by atoms with Crippen LogP contribution in [0.4, 0.5) is 11.6 Å². The van der Waals surface area contributed by atoms with E-state index in [0.29, 0.717) is 5.16 Å². The number of benzene rings is 1. The van der Waals surface area contributed by atoms with E-state index >= 15 is 0 Å². The van der Waals surface area contributed by atoms with Crippen LogP contribution in [0, 0.1) is 0 Å². The number of carbonyl (C=O) groups is 2. The number of aromatic nitrogens is 4. The van der Waals surface area contributed by atoms with Crippen LogP contribution in [0.1, 0.15) is 6.92 Å². The number of H-pyrrole nitrogens is 1. The Bertz CT molecular complexity index is 921. The molecule has 25 heavy (non-hydrogen) atoms. The van der Waals surface area contributed by atoms with Gasteiger partial charge in [-0.3, -0.25) is 9.59 Å². The van der Waals surface area contributed by atoms with Crippen molar-refractivity contribution in [3.8, 4) is 5.75 Å². The van der Waals surface area contributed by atoms with Gasteiger partial charge in [0.2, 0.25) is 23.5 Å². The molecule has 2 heterocycles. The van der Waals surface area contributed by atoms with Gasteiger partial charge in [0.25, 0.3) is 0 Å². The van der Waals surface area contributed by atoms with Crippen molar-refractivity contribution < 1.29 is 19.0 Å². The van der Waals surface area contributed by atoms with Crippen molar-refractivity contribution in [3.63, 3.8) is 0 Å². The molecule has 0 atom stereocenters. The molecule has 0 unspecified atom stereocenters. The summed E-state index contributed by atoms with van der Waals surface area (Å²) in [6.07, 6.45) is 0. The number of imidazole rings is 1. The molecule has 0 fully saturated rings. The highest BCUT2D eigenvalue weighted by Gasteiger charge is 2.15. The summed E-state index contributed by atoms with van der Waals surface area (Å²) in [5.74, 6) is 0.221. The van der Waals surface area contributed by atoms with E-state index in [1.807, 2.05) is 18.2 Å². The molecule has 11 heteroatoms. The minimum absolute atomic E-state index is 0.0511. The Balaban J connectivity index is 1.61. The van der Waals surface area contributed by atoms with E-state index in [1.54, 1.807) is 7.11 Å². The molecule has 3 aromatic rings. The molecule has 0 radical (unpaired) electrons. The van der Waals surface area contributed by atoms with Crippen LogP contribution in [0.3, 0.4) is 0 Å². The lowest BCUT2D eigenvalue weighted by Gasteiger charge is -2.02. The third kappa shape index (κ3) is 4.07. The third-order valence-corrected chi connectivity index (χ3v) is 3.92. The zero-order valence-electron chi connectivity index (χ0n) is 13.3. The predicted molar refractivity (Wildman–Crippen MR) is 90.6 cm³/mol. The average molecular weight is 362 g/mol. The number of ether oxygens (including phenoxy) is 1. The van der Waals surface area contributed by atoms with Crippen LogP contribution in [-0.4, -0.2) is 45.0 Å². The summed E-state index contributed by atoms with van der Waals surface area (Å²) in [4.78, 5) is 30.5. The Labute approximate surface area is 145 Å². The van der Waals surface area contributed by atoms with Crippen LogP contribution in [0.15, 0.2) is 28.0 Å². The van der Waals surface area contributed by atoms with Gasteiger partial charge in [-0.25, -0.2) is 9.61 Å². The number of hydrogen-bond donors (Lipinski definition) is 3. The maximum Gasteiger partial charge on any atom is 0.236 e. The highest BCUT2D eigenvalue weighted by Crippen LogP contribution is 2.23. The number of amides is 2. The van der Waals surface area contributed by atoms with Crippen LogP contribution < -0.4 is 15.4 Å². The van der Waals surface area contributed by atoms with Gasteiger partial charge in [0.1, 0.15) is 5.75 Å². The molecule has 1 aromatic carbocycles. The number of methoxy groups -OCH3 is 1. The van der Waals surface area contributed by atoms with Gasteiger partial charge in [0.15, 0.2) is 5.16 Å². The van der Waals surface area contributed by atoms with Crippen LogP contribution in [0.5, 0.6) is 5.75 Å². The molecular weight excluding hydrogens is 348 g/mol. The van der Waals surface area contributed by atoms with Gasteiger partial charge in [-0.2, -0.15) is 0 Å². The summed E-state index contributed by atoms with van der Waals surface area (Å²) < 4.78 is 9.66. The second-order valence-electron chi connectivity index (χ2n) is 4.90. The topological polar surface area (TPSA) is 135 Å². The van der Waals surface area contributed by atoms with Crippen molar-refractivity contribution in [1.29, 1.82) is 0 Å². The summed E-state index contributed by atoms with van der Waals surface area (Å²) >= 11 is 1.22. The lowest BCUT2D eigenvalue weighted by molar-refractivity contribution is -0.115. The highest BCUT2D eigenvalue weighted by atomic mass is 32.2. The molecule has 0 spiro atoms. The van der Waals surface area contributed by atoms with E-state index in [2.05, 4.69) is 35.5 Å². The first kappa shape index (κ1) is 16.8. The summed E-state index contributed by atoms with van der Waals surface area (Å²) in [6.45, 7) is 1.31. The molecule has 3 N–H and O–H groups in total. The number of nitrogens with one attached hydrogen (secondary N) is 3. The van der Waals surface area contributed by atoms with Gasteiger partial charge in [-0.15, -0.1) is 0 Å². The van der Waals surface area contributed by atoms with Gasteiger partial charge < -0.3 is 20.4 Å². The molecule has 130 valence electrons. The van der Waals surface area contributed by atoms with E-state index < -0.39 is 0 Å². The van der Waals surface area contributed by atoms with Crippen LogP contribution in [-0.2, 0) is 9.59 Å². The number of carbonyl (C=O) groups excluding carboxylic acids is 2. The van der Waals surface area contributed by atoms with Crippen LogP contribution in [0.25, 0.3) is 11.0 Å². The summed E-state index contributed by atoms with van der Waals surface area (Å²) in [7, 11) is 1.59. The SMILES string of the molecule is COc1ccc2nc(SCC(=O)Nc3nonc3NC(C)=O)[nH]c2c1. The lowest BCUT2D eigenvalue weighted by atomic mass is 10.3. The Kier molecular flexibility index (Phi) is 4.84. The van der Waals surface area contributed by atoms with Gasteiger partial charge in [-0.1, -0.05) is 11.8 Å². The molecule has 2 aromatic heterocycles. The molecule has 0 saturated heterocycles. The van der Waals surface area contributed by atoms with E-state index in [-0.39, 0.29) is 29.2 Å². The number of hydrogen-bond acceptors (Lipinski definition) is 8. The quantitative estimate of drug-likeness (QED) is 0.563. The first-order valence-electron chi connectivity index (χ1n) is 7.11. The smallest absolute Gasteiger partial charge is 0.236 e. The van der Waals surface area contributed by atoms with E-state index in [1.165, 1.54) is 18.7 Å². The maximum absolute atomic E-state index is 12.0. The summed E-state index contributed by atoms with van der Waals surface area (Å²) in [6, 6.07) is 5.47. The minimum Gasteiger partial charge on any atom is -0.497 e. The number of rotatable bonds is 6. The zero-order valence-corrected chi connectivity index (χ0v) is 14.1. The van der Waals surface area contributed by atoms with E-state index in [4.69, 9.17) is 4.74 Å². The fourth-order valence-corrected chi connectivity index (χ4v) is 2.67. The fraction of sp³-hybridized carbons (Fsp3) is 0.214. The van der Waals surface area contributed by atoms with Crippen molar-refractivity contribution in [2.24, 2.45) is 0 Å². The van der Waals surface area contributed by atoms with Gasteiger partial charge in [-0.05, 0) is 22.4 Å². The molecule has 2 amide bonds. The fourth-order valence-electron chi connectivity index (χ4n) is 1.98. The molecule has 0 saturated carbocycles. The lowest BCUT2D eigenvalue weighted by Crippen LogP contribution is -2.16. The van der Waals surface area contributed by atoms with Gasteiger partial charge in [0, 0.05) is 13.0 Å². The first-order valence-corrected chi connectivity index (χ1v) is 8.10. The number of anilines is 2. The predicted octanol–water partition coefficient (Wildman–Crippen LogP) is 1.64. The summed E-state index contributed by atoms with van der Waals surface area (Å²) in [5, 5.41) is 12.6. The number of aromatic amines is 1. The number of fused-ring (bicyclic) bond motifs is 1. The van der Waals surface area contributed by atoms with Crippen LogP contribution >= 0.6 is 11.8 Å². The van der Waals surface area contributed by atoms with Crippen molar-refractivity contribution in [3.05, 3.63) is 18.2 Å². The first-order chi connectivity index (χ1) is 12.0. The average Bonchev–Trinajstić information content (AvgIpc) is 3.18. The zero-order chi connectivity index (χ0) is 17.8. The monoisotopic (exact) mass is 362 g/mol. The molecule has 0 aliphatic carbocycles. The van der Waals surface area contributed by atoms with Crippen molar-refractivity contribution >= 4 is 46.2 Å². The molecule has 0 aliphatic rings. The van der Waals surface area contributed by atoms with Crippen molar-refractivity contribution in [2.75, 3.05) is 23.5 Å². The second-order valence-corrected chi connectivity index (χ2v) is 5.87. The standard InChI is InChI=1S/C14H14N6O4S/c1-7(21)15-12-13(20-24-19-12)18-11(22)6-25-14-16-9-4-3-8(23-2)5-10(9)17-14/h3-5H,6H2,1-2H3,(H,16,17)(H,15,19,21)(H,18,20,22). The Morgan fingerprint density at radius 1 is 1.28 bits per heavy atom. The number of nitrogens with zero attached hydrogens (tertiary/aromatic N) is 3. The second kappa shape index (κ2) is 7.21. The van der Waals surface area contributed by atoms with Gasteiger partial charge in [0.05, 0.1) is 23.9 Å². The maximum atomic E-state index is 12.0. The van der Waals surface area contributed by atoms with Crippen molar-refractivity contribution in [2.45, 2.75) is 12.1 Å². The van der Waals surface area contributed by atoms with Crippen LogP contribution in [0.2, 0.25) is 0 Å². The molecular formula is C14H14N6O4S. The van der Waals surface area contributed by atoms with E-state index in [0.717, 1.165) is 16.8 Å². The minimum atomic E-state index is -0.349. The van der Waals surface area contributed by atoms with Gasteiger partial charge >= 0.3 is 0 Å². The highest BCUT2D eigenvalue weighted by molar-refractivity contribution is 7.99.